The SMILES string of the molecule is Cc1noc(-c2ccc(C(=O)Nc3ccccc3F)cc2)n1. The number of anilines is 1. The van der Waals surface area contributed by atoms with Gasteiger partial charge in [0, 0.05) is 11.1 Å². The molecule has 6 heteroatoms. The van der Waals surface area contributed by atoms with Gasteiger partial charge >= 0.3 is 0 Å². The van der Waals surface area contributed by atoms with E-state index in [-0.39, 0.29) is 5.69 Å². The van der Waals surface area contributed by atoms with Crippen molar-refractivity contribution in [3.63, 3.8) is 0 Å². The highest BCUT2D eigenvalue weighted by atomic mass is 19.1. The second kappa shape index (κ2) is 5.77. The normalized spacial score (nSPS) is 10.5. The van der Waals surface area contributed by atoms with E-state index in [1.807, 2.05) is 0 Å². The first-order valence-electron chi connectivity index (χ1n) is 6.60. The minimum Gasteiger partial charge on any atom is -0.334 e. The van der Waals surface area contributed by atoms with Crippen LogP contribution in [0.4, 0.5) is 10.1 Å². The third-order valence-electron chi connectivity index (χ3n) is 3.04. The molecule has 0 aliphatic heterocycles. The van der Waals surface area contributed by atoms with E-state index in [1.165, 1.54) is 12.1 Å². The number of para-hydroxylation sites is 1. The number of carbonyl (C=O) groups is 1. The van der Waals surface area contributed by atoms with Crippen molar-refractivity contribution in [3.05, 3.63) is 65.7 Å². The number of aromatic nitrogens is 2. The van der Waals surface area contributed by atoms with Gasteiger partial charge in [-0.2, -0.15) is 4.98 Å². The Labute approximate surface area is 125 Å². The molecule has 0 aliphatic rings. The van der Waals surface area contributed by atoms with E-state index in [0.717, 1.165) is 0 Å². The Morgan fingerprint density at radius 2 is 1.86 bits per heavy atom. The molecular formula is C16H12FN3O2. The highest BCUT2D eigenvalue weighted by molar-refractivity contribution is 6.04. The third kappa shape index (κ3) is 2.85. The van der Waals surface area contributed by atoms with Crippen LogP contribution in [0.25, 0.3) is 11.5 Å². The maximum atomic E-state index is 13.5. The van der Waals surface area contributed by atoms with Crippen molar-refractivity contribution in [1.82, 2.24) is 10.1 Å². The van der Waals surface area contributed by atoms with Crippen molar-refractivity contribution in [2.45, 2.75) is 6.92 Å². The Morgan fingerprint density at radius 3 is 2.50 bits per heavy atom. The number of rotatable bonds is 3. The van der Waals surface area contributed by atoms with E-state index in [2.05, 4.69) is 15.5 Å². The number of carbonyl (C=O) groups excluding carboxylic acids is 1. The Morgan fingerprint density at radius 1 is 1.14 bits per heavy atom. The van der Waals surface area contributed by atoms with Crippen LogP contribution in [0, 0.1) is 12.7 Å². The average Bonchev–Trinajstić information content (AvgIpc) is 2.96. The standard InChI is InChI=1S/C16H12FN3O2/c1-10-18-16(22-20-10)12-8-6-11(7-9-12)15(21)19-14-5-3-2-4-13(14)17/h2-9H,1H3,(H,19,21). The lowest BCUT2D eigenvalue weighted by molar-refractivity contribution is 0.102. The van der Waals surface area contributed by atoms with E-state index < -0.39 is 11.7 Å². The summed E-state index contributed by atoms with van der Waals surface area (Å²) in [5, 5.41) is 6.23. The van der Waals surface area contributed by atoms with Crippen LogP contribution in [0.15, 0.2) is 53.1 Å². The van der Waals surface area contributed by atoms with Gasteiger partial charge in [0.2, 0.25) is 0 Å². The van der Waals surface area contributed by atoms with E-state index in [0.29, 0.717) is 22.8 Å². The molecule has 1 amide bonds. The summed E-state index contributed by atoms with van der Waals surface area (Å²) in [5.74, 6) is 0.0575. The highest BCUT2D eigenvalue weighted by Crippen LogP contribution is 2.19. The predicted octanol–water partition coefficient (Wildman–Crippen LogP) is 3.44. The molecule has 0 unspecified atom stereocenters. The zero-order valence-electron chi connectivity index (χ0n) is 11.7. The summed E-state index contributed by atoms with van der Waals surface area (Å²) < 4.78 is 18.6. The van der Waals surface area contributed by atoms with Crippen LogP contribution in [0.3, 0.4) is 0 Å². The zero-order chi connectivity index (χ0) is 15.5. The minimum absolute atomic E-state index is 0.143. The fraction of sp³-hybridized carbons (Fsp3) is 0.0625. The first-order valence-corrected chi connectivity index (χ1v) is 6.60. The zero-order valence-corrected chi connectivity index (χ0v) is 11.7. The molecule has 5 nitrogen and oxygen atoms in total. The van der Waals surface area contributed by atoms with Gasteiger partial charge in [-0.25, -0.2) is 4.39 Å². The molecule has 1 N–H and O–H groups in total. The Kier molecular flexibility index (Phi) is 3.65. The summed E-state index contributed by atoms with van der Waals surface area (Å²) in [5.41, 5.74) is 1.26. The molecule has 2 aromatic carbocycles. The Hall–Kier alpha value is -3.02. The number of nitrogens with zero attached hydrogens (tertiary/aromatic N) is 2. The van der Waals surface area contributed by atoms with Crippen molar-refractivity contribution in [3.8, 4) is 11.5 Å². The maximum Gasteiger partial charge on any atom is 0.257 e. The van der Waals surface area contributed by atoms with Gasteiger partial charge in [0.05, 0.1) is 5.69 Å². The molecule has 1 heterocycles. The smallest absolute Gasteiger partial charge is 0.257 e. The van der Waals surface area contributed by atoms with Crippen molar-refractivity contribution in [1.29, 1.82) is 0 Å². The van der Waals surface area contributed by atoms with E-state index >= 15 is 0 Å². The Balaban J connectivity index is 1.78. The number of nitrogens with one attached hydrogen (secondary N) is 1. The fourth-order valence-electron chi connectivity index (χ4n) is 1.94. The van der Waals surface area contributed by atoms with Crippen molar-refractivity contribution in [2.24, 2.45) is 0 Å². The largest absolute Gasteiger partial charge is 0.334 e. The van der Waals surface area contributed by atoms with Crippen LogP contribution in [0.1, 0.15) is 16.2 Å². The molecule has 0 spiro atoms. The van der Waals surface area contributed by atoms with Gasteiger partial charge in [-0.15, -0.1) is 0 Å². The summed E-state index contributed by atoms with van der Waals surface area (Å²) in [6.07, 6.45) is 0. The molecule has 1 aromatic heterocycles. The molecule has 22 heavy (non-hydrogen) atoms. The van der Waals surface area contributed by atoms with Crippen molar-refractivity contribution in [2.75, 3.05) is 5.32 Å². The molecule has 110 valence electrons. The average molecular weight is 297 g/mol. The monoisotopic (exact) mass is 297 g/mol. The van der Waals surface area contributed by atoms with Gasteiger partial charge in [-0.05, 0) is 43.3 Å². The molecule has 0 bridgehead atoms. The molecule has 0 aliphatic carbocycles. The van der Waals surface area contributed by atoms with Gasteiger partial charge in [0.15, 0.2) is 5.82 Å². The highest BCUT2D eigenvalue weighted by Gasteiger charge is 2.11. The van der Waals surface area contributed by atoms with Crippen molar-refractivity contribution < 1.29 is 13.7 Å². The van der Waals surface area contributed by atoms with Crippen LogP contribution in [0.5, 0.6) is 0 Å². The van der Waals surface area contributed by atoms with Gasteiger partial charge < -0.3 is 9.84 Å². The summed E-state index contributed by atoms with van der Waals surface area (Å²) in [6.45, 7) is 1.73. The lowest BCUT2D eigenvalue weighted by Gasteiger charge is -2.06. The molecule has 0 fully saturated rings. The van der Waals surface area contributed by atoms with Crippen LogP contribution >= 0.6 is 0 Å². The van der Waals surface area contributed by atoms with Crippen LogP contribution < -0.4 is 5.32 Å². The Bertz CT molecular complexity index is 812. The van der Waals surface area contributed by atoms with Crippen LogP contribution in [-0.4, -0.2) is 16.0 Å². The number of hydrogen-bond donors (Lipinski definition) is 1. The van der Waals surface area contributed by atoms with E-state index in [4.69, 9.17) is 4.52 Å². The molecule has 0 atom stereocenters. The summed E-state index contributed by atoms with van der Waals surface area (Å²) in [6, 6.07) is 12.6. The maximum absolute atomic E-state index is 13.5. The van der Waals surface area contributed by atoms with Gasteiger partial charge in [-0.3, -0.25) is 4.79 Å². The molecule has 3 aromatic rings. The summed E-state index contributed by atoms with van der Waals surface area (Å²) >= 11 is 0. The second-order valence-corrected chi connectivity index (χ2v) is 4.66. The van der Waals surface area contributed by atoms with Crippen LogP contribution in [0.2, 0.25) is 0 Å². The second-order valence-electron chi connectivity index (χ2n) is 4.66. The fourth-order valence-corrected chi connectivity index (χ4v) is 1.94. The summed E-state index contributed by atoms with van der Waals surface area (Å²) in [7, 11) is 0. The van der Waals surface area contributed by atoms with E-state index in [9.17, 15) is 9.18 Å². The molecule has 3 rings (SSSR count). The number of benzene rings is 2. The predicted molar refractivity (Wildman–Crippen MR) is 78.8 cm³/mol. The molecule has 0 saturated carbocycles. The molecular weight excluding hydrogens is 285 g/mol. The van der Waals surface area contributed by atoms with Gasteiger partial charge in [0.1, 0.15) is 5.82 Å². The third-order valence-corrected chi connectivity index (χ3v) is 3.04. The van der Waals surface area contributed by atoms with Gasteiger partial charge in [0.25, 0.3) is 11.8 Å². The minimum atomic E-state index is -0.478. The lowest BCUT2D eigenvalue weighted by atomic mass is 10.1. The van der Waals surface area contributed by atoms with E-state index in [1.54, 1.807) is 43.3 Å². The number of hydrogen-bond acceptors (Lipinski definition) is 4. The van der Waals surface area contributed by atoms with Crippen LogP contribution in [-0.2, 0) is 0 Å². The molecule has 0 saturated heterocycles. The first kappa shape index (κ1) is 13.9. The number of halogens is 1. The topological polar surface area (TPSA) is 68.0 Å². The number of amides is 1. The quantitative estimate of drug-likeness (QED) is 0.804. The first-order chi connectivity index (χ1) is 10.6. The molecule has 0 radical (unpaired) electrons. The lowest BCUT2D eigenvalue weighted by Crippen LogP contribution is -2.12. The number of aryl methyl sites for hydroxylation is 1. The van der Waals surface area contributed by atoms with Crippen molar-refractivity contribution >= 4 is 11.6 Å². The van der Waals surface area contributed by atoms with Gasteiger partial charge in [-0.1, -0.05) is 17.3 Å². The summed E-state index contributed by atoms with van der Waals surface area (Å²) in [4.78, 5) is 16.2.